The van der Waals surface area contributed by atoms with Crippen LogP contribution in [0.3, 0.4) is 0 Å². The van der Waals surface area contributed by atoms with Crippen LogP contribution in [0.1, 0.15) is 49.2 Å². The van der Waals surface area contributed by atoms with Crippen molar-refractivity contribution >= 4 is 0 Å². The fraction of sp³-hybridized carbons (Fsp3) is 0.471. The Morgan fingerprint density at radius 2 is 2.10 bits per heavy atom. The molecule has 1 aromatic heterocycles. The number of likely N-dealkylation sites (N-methyl/N-ethyl adjacent to an activating group) is 1. The highest BCUT2D eigenvalue weighted by Gasteiger charge is 2.14. The van der Waals surface area contributed by atoms with Crippen LogP contribution in [0.5, 0.6) is 0 Å². The quantitative estimate of drug-likeness (QED) is 0.876. The average molecular weight is 289 g/mol. The predicted octanol–water partition coefficient (Wildman–Crippen LogP) is 3.80. The second-order valence-electron chi connectivity index (χ2n) is 5.60. The van der Waals surface area contributed by atoms with Crippen LogP contribution < -0.4 is 5.32 Å². The van der Waals surface area contributed by atoms with E-state index in [0.717, 1.165) is 24.1 Å². The van der Waals surface area contributed by atoms with Crippen molar-refractivity contribution in [1.82, 2.24) is 15.1 Å². The van der Waals surface area contributed by atoms with E-state index in [4.69, 9.17) is 0 Å². The molecule has 0 saturated carbocycles. The van der Waals surface area contributed by atoms with Gasteiger partial charge in [-0.2, -0.15) is 5.10 Å². The van der Waals surface area contributed by atoms with Crippen molar-refractivity contribution in [2.75, 3.05) is 7.05 Å². The summed E-state index contributed by atoms with van der Waals surface area (Å²) in [6.45, 7) is 6.11. The summed E-state index contributed by atoms with van der Waals surface area (Å²) < 4.78 is 15.4. The van der Waals surface area contributed by atoms with Crippen LogP contribution in [0.25, 0.3) is 0 Å². The number of halogens is 1. The van der Waals surface area contributed by atoms with E-state index < -0.39 is 0 Å². The smallest absolute Gasteiger partial charge is 0.126 e. The second-order valence-corrected chi connectivity index (χ2v) is 5.60. The maximum Gasteiger partial charge on any atom is 0.126 e. The van der Waals surface area contributed by atoms with Gasteiger partial charge in [-0.25, -0.2) is 4.39 Å². The van der Waals surface area contributed by atoms with Crippen molar-refractivity contribution in [3.05, 3.63) is 53.1 Å². The molecule has 3 nitrogen and oxygen atoms in total. The Labute approximate surface area is 126 Å². The van der Waals surface area contributed by atoms with Crippen molar-refractivity contribution in [2.45, 2.75) is 45.7 Å². The predicted molar refractivity (Wildman–Crippen MR) is 83.9 cm³/mol. The molecule has 21 heavy (non-hydrogen) atoms. The van der Waals surface area contributed by atoms with Crippen molar-refractivity contribution in [1.29, 1.82) is 0 Å². The minimum atomic E-state index is -0.158. The van der Waals surface area contributed by atoms with Gasteiger partial charge in [-0.15, -0.1) is 0 Å². The van der Waals surface area contributed by atoms with Crippen LogP contribution in [0, 0.1) is 12.7 Å². The van der Waals surface area contributed by atoms with Crippen LogP contribution >= 0.6 is 0 Å². The summed E-state index contributed by atoms with van der Waals surface area (Å²) in [5.74, 6) is -0.158. The Hall–Kier alpha value is -1.68. The molecule has 2 aromatic rings. The molecule has 2 unspecified atom stereocenters. The number of nitrogens with zero attached hydrogens (tertiary/aromatic N) is 2. The number of benzene rings is 1. The van der Waals surface area contributed by atoms with E-state index in [1.54, 1.807) is 6.92 Å². The first kappa shape index (κ1) is 15.7. The maximum atomic E-state index is 13.4. The zero-order valence-corrected chi connectivity index (χ0v) is 13.2. The molecule has 0 aliphatic heterocycles. The molecular formula is C17H24FN3. The summed E-state index contributed by atoms with van der Waals surface area (Å²) >= 11 is 0. The van der Waals surface area contributed by atoms with Gasteiger partial charge in [0.25, 0.3) is 0 Å². The zero-order chi connectivity index (χ0) is 15.4. The molecule has 0 amide bonds. The molecule has 114 valence electrons. The summed E-state index contributed by atoms with van der Waals surface area (Å²) in [5.41, 5.74) is 2.82. The molecule has 0 saturated heterocycles. The highest BCUT2D eigenvalue weighted by molar-refractivity contribution is 5.27. The Morgan fingerprint density at radius 1 is 1.33 bits per heavy atom. The van der Waals surface area contributed by atoms with Gasteiger partial charge in [0, 0.05) is 24.7 Å². The lowest BCUT2D eigenvalue weighted by atomic mass is 10.0. The van der Waals surface area contributed by atoms with E-state index in [2.05, 4.69) is 30.3 Å². The van der Waals surface area contributed by atoms with Gasteiger partial charge in [-0.1, -0.05) is 19.1 Å². The third kappa shape index (κ3) is 3.70. The molecule has 0 spiro atoms. The Morgan fingerprint density at radius 3 is 2.71 bits per heavy atom. The molecule has 0 aliphatic carbocycles. The summed E-state index contributed by atoms with van der Waals surface area (Å²) in [4.78, 5) is 0. The molecule has 0 bridgehead atoms. The number of nitrogens with one attached hydrogen (secondary N) is 1. The molecule has 1 N–H and O–H groups in total. The third-order valence-corrected chi connectivity index (χ3v) is 4.05. The summed E-state index contributed by atoms with van der Waals surface area (Å²) in [7, 11) is 1.93. The van der Waals surface area contributed by atoms with Crippen LogP contribution in [0.4, 0.5) is 4.39 Å². The van der Waals surface area contributed by atoms with Crippen molar-refractivity contribution < 1.29 is 4.39 Å². The van der Waals surface area contributed by atoms with E-state index in [0.29, 0.717) is 11.6 Å². The van der Waals surface area contributed by atoms with Crippen LogP contribution in [-0.2, 0) is 6.42 Å². The average Bonchev–Trinajstić information content (AvgIpc) is 2.95. The van der Waals surface area contributed by atoms with Crippen molar-refractivity contribution in [3.8, 4) is 0 Å². The first-order valence-corrected chi connectivity index (χ1v) is 7.52. The molecule has 0 aliphatic rings. The van der Waals surface area contributed by atoms with Crippen molar-refractivity contribution in [3.63, 3.8) is 0 Å². The zero-order valence-electron chi connectivity index (χ0n) is 13.2. The summed E-state index contributed by atoms with van der Waals surface area (Å²) in [6.07, 6.45) is 3.89. The number of aromatic nitrogens is 2. The Balaban J connectivity index is 2.15. The normalized spacial score (nSPS) is 14.1. The second kappa shape index (κ2) is 6.85. The van der Waals surface area contributed by atoms with Gasteiger partial charge >= 0.3 is 0 Å². The topological polar surface area (TPSA) is 29.9 Å². The SMILES string of the molecule is CCC(C)n1ccc(CC(NC)c2ccc(F)c(C)c2)n1. The molecular weight excluding hydrogens is 265 g/mol. The monoisotopic (exact) mass is 289 g/mol. The van der Waals surface area contributed by atoms with E-state index in [1.165, 1.54) is 6.07 Å². The van der Waals surface area contributed by atoms with Crippen LogP contribution in [-0.4, -0.2) is 16.8 Å². The van der Waals surface area contributed by atoms with Gasteiger partial charge in [0.2, 0.25) is 0 Å². The van der Waals surface area contributed by atoms with Gasteiger partial charge < -0.3 is 5.32 Å². The van der Waals surface area contributed by atoms with Gasteiger partial charge in [0.05, 0.1) is 5.69 Å². The lowest BCUT2D eigenvalue weighted by Crippen LogP contribution is -2.19. The fourth-order valence-electron chi connectivity index (χ4n) is 2.40. The van der Waals surface area contributed by atoms with Gasteiger partial charge in [0.15, 0.2) is 0 Å². The van der Waals surface area contributed by atoms with Gasteiger partial charge in [-0.3, -0.25) is 4.68 Å². The first-order valence-electron chi connectivity index (χ1n) is 7.52. The van der Waals surface area contributed by atoms with E-state index >= 15 is 0 Å². The molecule has 0 fully saturated rings. The maximum absolute atomic E-state index is 13.4. The van der Waals surface area contributed by atoms with E-state index in [1.807, 2.05) is 30.1 Å². The van der Waals surface area contributed by atoms with E-state index in [9.17, 15) is 4.39 Å². The number of rotatable bonds is 6. The summed E-state index contributed by atoms with van der Waals surface area (Å²) in [6, 6.07) is 7.90. The number of hydrogen-bond donors (Lipinski definition) is 1. The number of aryl methyl sites for hydroxylation is 1. The lowest BCUT2D eigenvalue weighted by molar-refractivity contribution is 0.469. The molecule has 2 rings (SSSR count). The van der Waals surface area contributed by atoms with Gasteiger partial charge in [-0.05, 0) is 50.6 Å². The summed E-state index contributed by atoms with van der Waals surface area (Å²) in [5, 5.41) is 7.93. The highest BCUT2D eigenvalue weighted by atomic mass is 19.1. The molecule has 1 aromatic carbocycles. The Bertz CT molecular complexity index is 591. The van der Waals surface area contributed by atoms with Gasteiger partial charge in [0.1, 0.15) is 5.82 Å². The fourth-order valence-corrected chi connectivity index (χ4v) is 2.40. The largest absolute Gasteiger partial charge is 0.313 e. The highest BCUT2D eigenvalue weighted by Crippen LogP contribution is 2.20. The molecule has 1 heterocycles. The minimum Gasteiger partial charge on any atom is -0.313 e. The number of hydrogen-bond acceptors (Lipinski definition) is 2. The van der Waals surface area contributed by atoms with Crippen molar-refractivity contribution in [2.24, 2.45) is 0 Å². The molecule has 4 heteroatoms. The minimum absolute atomic E-state index is 0.143. The first-order chi connectivity index (χ1) is 10.0. The van der Waals surface area contributed by atoms with Crippen LogP contribution in [0.15, 0.2) is 30.5 Å². The van der Waals surface area contributed by atoms with Crippen LogP contribution in [0.2, 0.25) is 0 Å². The Kier molecular flexibility index (Phi) is 5.12. The third-order valence-electron chi connectivity index (χ3n) is 4.05. The molecule has 0 radical (unpaired) electrons. The van der Waals surface area contributed by atoms with E-state index in [-0.39, 0.29) is 11.9 Å². The molecule has 2 atom stereocenters. The lowest BCUT2D eigenvalue weighted by Gasteiger charge is -2.16. The standard InChI is InChI=1S/C17H24FN3/c1-5-13(3)21-9-8-15(20-21)11-17(19-4)14-6-7-16(18)12(2)10-14/h6-10,13,17,19H,5,11H2,1-4H3.